The highest BCUT2D eigenvalue weighted by Gasteiger charge is 2.27. The molecule has 1 heterocycles. The Balaban J connectivity index is 2.11. The summed E-state index contributed by atoms with van der Waals surface area (Å²) in [6, 6.07) is 1.82. The van der Waals surface area contributed by atoms with Crippen molar-refractivity contribution in [1.29, 1.82) is 0 Å². The van der Waals surface area contributed by atoms with Gasteiger partial charge in [-0.1, -0.05) is 0 Å². The van der Waals surface area contributed by atoms with Gasteiger partial charge in [0.05, 0.1) is 6.61 Å². The minimum absolute atomic E-state index is 0.00772. The zero-order chi connectivity index (χ0) is 12.3. The van der Waals surface area contributed by atoms with E-state index in [1.165, 1.54) is 12.8 Å². The minimum atomic E-state index is -0.00772. The predicted molar refractivity (Wildman–Crippen MR) is 65.5 cm³/mol. The minimum Gasteiger partial charge on any atom is -0.472 e. The molecule has 0 bridgehead atoms. The summed E-state index contributed by atoms with van der Waals surface area (Å²) in [6.07, 6.45) is 2.35. The number of nitrogens with zero attached hydrogens (tertiary/aromatic N) is 2. The number of anilines is 1. The summed E-state index contributed by atoms with van der Waals surface area (Å²) >= 11 is 0. The van der Waals surface area contributed by atoms with E-state index in [2.05, 4.69) is 15.3 Å². The van der Waals surface area contributed by atoms with Crippen LogP contribution in [0.1, 0.15) is 31.5 Å². The van der Waals surface area contributed by atoms with E-state index in [1.54, 1.807) is 7.11 Å². The average Bonchev–Trinajstić information content (AvgIpc) is 3.12. The van der Waals surface area contributed by atoms with Crippen LogP contribution in [0, 0.1) is 0 Å². The number of hydrogen-bond donors (Lipinski definition) is 1. The molecule has 0 spiro atoms. The maximum atomic E-state index is 5.70. The molecule has 0 amide bonds. The zero-order valence-electron chi connectivity index (χ0n) is 10.6. The van der Waals surface area contributed by atoms with Crippen LogP contribution in [0.5, 0.6) is 5.88 Å². The number of nitrogens with one attached hydrogen (secondary N) is 1. The molecular formula is C12H19N3O2. The van der Waals surface area contributed by atoms with Gasteiger partial charge in [0, 0.05) is 26.1 Å². The quantitative estimate of drug-likeness (QED) is 0.817. The number of aromatic nitrogens is 2. The third-order valence-electron chi connectivity index (χ3n) is 2.64. The van der Waals surface area contributed by atoms with E-state index in [1.807, 2.05) is 20.0 Å². The number of methoxy groups -OCH3 is 1. The summed E-state index contributed by atoms with van der Waals surface area (Å²) in [5, 5.41) is 3.03. The molecule has 1 aliphatic carbocycles. The molecule has 1 aromatic rings. The summed E-state index contributed by atoms with van der Waals surface area (Å²) in [6.45, 7) is 2.51. The first-order chi connectivity index (χ1) is 8.22. The molecule has 0 radical (unpaired) electrons. The lowest BCUT2D eigenvalue weighted by molar-refractivity contribution is 0.0887. The van der Waals surface area contributed by atoms with Crippen molar-refractivity contribution in [3.8, 4) is 5.88 Å². The summed E-state index contributed by atoms with van der Waals surface area (Å²) in [5.74, 6) is 2.83. The van der Waals surface area contributed by atoms with Gasteiger partial charge in [-0.05, 0) is 19.8 Å². The Labute approximate surface area is 102 Å². The Hall–Kier alpha value is -1.36. The molecular weight excluding hydrogens is 218 g/mol. The second kappa shape index (κ2) is 5.31. The Morgan fingerprint density at radius 1 is 1.47 bits per heavy atom. The van der Waals surface area contributed by atoms with Crippen LogP contribution >= 0.6 is 0 Å². The van der Waals surface area contributed by atoms with E-state index in [4.69, 9.17) is 9.47 Å². The van der Waals surface area contributed by atoms with Crippen molar-refractivity contribution in [2.45, 2.75) is 31.8 Å². The second-order valence-electron chi connectivity index (χ2n) is 4.36. The number of ether oxygens (including phenoxy) is 2. The molecule has 0 aromatic carbocycles. The topological polar surface area (TPSA) is 56.3 Å². The van der Waals surface area contributed by atoms with Crippen LogP contribution in [-0.4, -0.2) is 36.8 Å². The van der Waals surface area contributed by atoms with Gasteiger partial charge in [-0.25, -0.2) is 4.98 Å². The number of rotatable bonds is 6. The van der Waals surface area contributed by atoms with Gasteiger partial charge in [-0.3, -0.25) is 0 Å². The lowest BCUT2D eigenvalue weighted by Crippen LogP contribution is -2.19. The summed E-state index contributed by atoms with van der Waals surface area (Å²) < 4.78 is 10.7. The van der Waals surface area contributed by atoms with E-state index in [-0.39, 0.29) is 6.10 Å². The Morgan fingerprint density at radius 2 is 2.24 bits per heavy atom. The van der Waals surface area contributed by atoms with E-state index >= 15 is 0 Å². The van der Waals surface area contributed by atoms with Gasteiger partial charge in [-0.15, -0.1) is 0 Å². The summed E-state index contributed by atoms with van der Waals surface area (Å²) in [7, 11) is 3.51. The first kappa shape index (κ1) is 12.1. The molecule has 94 valence electrons. The third-order valence-corrected chi connectivity index (χ3v) is 2.64. The highest BCUT2D eigenvalue weighted by molar-refractivity contribution is 5.38. The van der Waals surface area contributed by atoms with Crippen LogP contribution < -0.4 is 10.1 Å². The van der Waals surface area contributed by atoms with Gasteiger partial charge in [-0.2, -0.15) is 4.98 Å². The average molecular weight is 237 g/mol. The Morgan fingerprint density at radius 3 is 2.82 bits per heavy atom. The van der Waals surface area contributed by atoms with Crippen LogP contribution in [0.4, 0.5) is 5.82 Å². The van der Waals surface area contributed by atoms with Crippen molar-refractivity contribution in [3.05, 3.63) is 11.9 Å². The molecule has 0 aliphatic heterocycles. The van der Waals surface area contributed by atoms with Crippen molar-refractivity contribution in [2.75, 3.05) is 26.1 Å². The third kappa shape index (κ3) is 3.30. The molecule has 5 heteroatoms. The molecule has 2 rings (SSSR count). The Bertz CT molecular complexity index is 380. The van der Waals surface area contributed by atoms with E-state index in [0.717, 1.165) is 11.6 Å². The second-order valence-corrected chi connectivity index (χ2v) is 4.36. The van der Waals surface area contributed by atoms with Gasteiger partial charge >= 0.3 is 0 Å². The fourth-order valence-electron chi connectivity index (χ4n) is 1.63. The molecule has 1 aromatic heterocycles. The van der Waals surface area contributed by atoms with E-state index < -0.39 is 0 Å². The highest BCUT2D eigenvalue weighted by Crippen LogP contribution is 2.39. The van der Waals surface area contributed by atoms with Crippen LogP contribution in [0.2, 0.25) is 0 Å². The fraction of sp³-hybridized carbons (Fsp3) is 0.667. The maximum Gasteiger partial charge on any atom is 0.219 e. The molecule has 5 nitrogen and oxygen atoms in total. The standard InChI is InChI=1S/C12H19N3O2/c1-8(7-16-3)17-11-6-10(13-2)14-12(15-11)9-4-5-9/h6,8-9H,4-5,7H2,1-3H3,(H,13,14,15). The van der Waals surface area contributed by atoms with Gasteiger partial charge in [0.15, 0.2) is 0 Å². The predicted octanol–water partition coefficient (Wildman–Crippen LogP) is 1.81. The number of hydrogen-bond acceptors (Lipinski definition) is 5. The van der Waals surface area contributed by atoms with Gasteiger partial charge in [0.2, 0.25) is 5.88 Å². The SMILES string of the molecule is CNc1cc(OC(C)COC)nc(C2CC2)n1. The van der Waals surface area contributed by atoms with Gasteiger partial charge < -0.3 is 14.8 Å². The summed E-state index contributed by atoms with van der Waals surface area (Å²) in [5.41, 5.74) is 0. The maximum absolute atomic E-state index is 5.70. The highest BCUT2D eigenvalue weighted by atomic mass is 16.5. The Kier molecular flexibility index (Phi) is 3.78. The van der Waals surface area contributed by atoms with Crippen LogP contribution in [0.25, 0.3) is 0 Å². The first-order valence-corrected chi connectivity index (χ1v) is 5.95. The van der Waals surface area contributed by atoms with Gasteiger partial charge in [0.25, 0.3) is 0 Å². The van der Waals surface area contributed by atoms with E-state index in [9.17, 15) is 0 Å². The van der Waals surface area contributed by atoms with Crippen LogP contribution in [-0.2, 0) is 4.74 Å². The van der Waals surface area contributed by atoms with Crippen LogP contribution in [0.15, 0.2) is 6.07 Å². The van der Waals surface area contributed by atoms with Crippen LogP contribution in [0.3, 0.4) is 0 Å². The zero-order valence-corrected chi connectivity index (χ0v) is 10.6. The molecule has 0 saturated heterocycles. The lowest BCUT2D eigenvalue weighted by Gasteiger charge is -2.14. The van der Waals surface area contributed by atoms with Crippen molar-refractivity contribution >= 4 is 5.82 Å². The molecule has 1 aliphatic rings. The molecule has 1 atom stereocenters. The van der Waals surface area contributed by atoms with Crippen molar-refractivity contribution in [2.24, 2.45) is 0 Å². The normalized spacial score (nSPS) is 16.6. The van der Waals surface area contributed by atoms with Gasteiger partial charge in [0.1, 0.15) is 17.7 Å². The molecule has 1 unspecified atom stereocenters. The fourth-order valence-corrected chi connectivity index (χ4v) is 1.63. The lowest BCUT2D eigenvalue weighted by atomic mass is 10.4. The monoisotopic (exact) mass is 237 g/mol. The molecule has 1 fully saturated rings. The van der Waals surface area contributed by atoms with Crippen molar-refractivity contribution in [3.63, 3.8) is 0 Å². The van der Waals surface area contributed by atoms with E-state index in [0.29, 0.717) is 18.4 Å². The first-order valence-electron chi connectivity index (χ1n) is 5.95. The smallest absolute Gasteiger partial charge is 0.219 e. The molecule has 1 N–H and O–H groups in total. The van der Waals surface area contributed by atoms with Crippen molar-refractivity contribution < 1.29 is 9.47 Å². The molecule has 17 heavy (non-hydrogen) atoms. The largest absolute Gasteiger partial charge is 0.472 e. The van der Waals surface area contributed by atoms with Crippen molar-refractivity contribution in [1.82, 2.24) is 9.97 Å². The summed E-state index contributed by atoms with van der Waals surface area (Å²) in [4.78, 5) is 8.87. The molecule has 1 saturated carbocycles.